The molecule has 0 fully saturated rings. The van der Waals surface area contributed by atoms with E-state index in [-0.39, 0.29) is 5.41 Å². The molecule has 0 atom stereocenters. The highest BCUT2D eigenvalue weighted by Crippen LogP contribution is 2.36. The molecule has 3 rings (SSSR count). The largest absolute Gasteiger partial charge is 0.494 e. The van der Waals surface area contributed by atoms with Gasteiger partial charge in [-0.2, -0.15) is 0 Å². The fourth-order valence-corrected chi connectivity index (χ4v) is 3.77. The molecule has 152 valence electrons. The molecule has 1 aromatic heterocycles. The number of thiophene rings is 1. The molecule has 0 unspecified atom stereocenters. The van der Waals surface area contributed by atoms with Gasteiger partial charge in [0.15, 0.2) is 0 Å². The molecule has 0 saturated heterocycles. The SMILES string of the molecule is CCOc1ccc(Oc2ccc(N(C(N)=O)c3csc(C(C)(C)C)c3)cc2)cc1. The summed E-state index contributed by atoms with van der Waals surface area (Å²) in [5.41, 5.74) is 7.14. The van der Waals surface area contributed by atoms with Crippen molar-refractivity contribution in [1.82, 2.24) is 0 Å². The molecule has 6 heteroatoms. The van der Waals surface area contributed by atoms with E-state index in [0.717, 1.165) is 11.4 Å². The number of rotatable bonds is 6. The maximum atomic E-state index is 12.1. The molecule has 2 aromatic carbocycles. The number of benzene rings is 2. The van der Waals surface area contributed by atoms with Crippen molar-refractivity contribution in [3.63, 3.8) is 0 Å². The van der Waals surface area contributed by atoms with E-state index in [1.807, 2.05) is 66.9 Å². The van der Waals surface area contributed by atoms with Crippen molar-refractivity contribution in [3.05, 3.63) is 64.9 Å². The zero-order valence-electron chi connectivity index (χ0n) is 17.1. The number of anilines is 2. The first-order chi connectivity index (χ1) is 13.8. The van der Waals surface area contributed by atoms with Gasteiger partial charge in [-0.3, -0.25) is 4.90 Å². The standard InChI is InChI=1S/C23H26N2O3S/c1-5-27-18-10-12-20(13-11-18)28-19-8-6-16(7-9-19)25(22(24)26)17-14-21(29-15-17)23(2,3)4/h6-15H,5H2,1-4H3,(H2,24,26). The average Bonchev–Trinajstić information content (AvgIpc) is 3.15. The Balaban J connectivity index is 1.77. The van der Waals surface area contributed by atoms with Gasteiger partial charge in [-0.25, -0.2) is 4.79 Å². The monoisotopic (exact) mass is 410 g/mol. The van der Waals surface area contributed by atoms with Crippen LogP contribution in [0.5, 0.6) is 17.2 Å². The topological polar surface area (TPSA) is 64.8 Å². The molecule has 0 aliphatic rings. The van der Waals surface area contributed by atoms with Gasteiger partial charge < -0.3 is 15.2 Å². The summed E-state index contributed by atoms with van der Waals surface area (Å²) in [5.74, 6) is 2.18. The minimum atomic E-state index is -0.525. The molecule has 0 spiro atoms. The van der Waals surface area contributed by atoms with Crippen molar-refractivity contribution in [2.24, 2.45) is 5.73 Å². The molecule has 2 N–H and O–H groups in total. The van der Waals surface area contributed by atoms with Crippen molar-refractivity contribution < 1.29 is 14.3 Å². The number of carbonyl (C=O) groups excluding carboxylic acids is 1. The Morgan fingerprint density at radius 3 is 2.00 bits per heavy atom. The van der Waals surface area contributed by atoms with E-state index in [1.54, 1.807) is 11.3 Å². The number of ether oxygens (including phenoxy) is 2. The lowest BCUT2D eigenvalue weighted by molar-refractivity contribution is 0.256. The predicted octanol–water partition coefficient (Wildman–Crippen LogP) is 6.45. The highest BCUT2D eigenvalue weighted by atomic mass is 32.1. The summed E-state index contributed by atoms with van der Waals surface area (Å²) in [4.78, 5) is 14.8. The van der Waals surface area contributed by atoms with Gasteiger partial charge in [0.05, 0.1) is 18.0 Å². The van der Waals surface area contributed by atoms with E-state index in [2.05, 4.69) is 20.8 Å². The lowest BCUT2D eigenvalue weighted by atomic mass is 9.94. The first-order valence-electron chi connectivity index (χ1n) is 9.47. The van der Waals surface area contributed by atoms with E-state index in [4.69, 9.17) is 15.2 Å². The van der Waals surface area contributed by atoms with Gasteiger partial charge in [0.2, 0.25) is 0 Å². The molecular weight excluding hydrogens is 384 g/mol. The normalized spacial score (nSPS) is 11.2. The number of hydrogen-bond donors (Lipinski definition) is 1. The number of hydrogen-bond acceptors (Lipinski definition) is 4. The molecule has 0 aliphatic heterocycles. The summed E-state index contributed by atoms with van der Waals surface area (Å²) in [6.45, 7) is 9.00. The third-order valence-corrected chi connectivity index (χ3v) is 5.61. The van der Waals surface area contributed by atoms with E-state index in [9.17, 15) is 4.79 Å². The molecular formula is C23H26N2O3S. The zero-order chi connectivity index (χ0) is 21.0. The number of primary amides is 1. The smallest absolute Gasteiger partial charge is 0.323 e. The fraction of sp³-hybridized carbons (Fsp3) is 0.261. The molecule has 29 heavy (non-hydrogen) atoms. The molecule has 0 aliphatic carbocycles. The van der Waals surface area contributed by atoms with E-state index >= 15 is 0 Å². The second-order valence-corrected chi connectivity index (χ2v) is 8.50. The van der Waals surface area contributed by atoms with Gasteiger partial charge in [-0.15, -0.1) is 11.3 Å². The summed E-state index contributed by atoms with van der Waals surface area (Å²) >= 11 is 1.62. The number of nitrogens with zero attached hydrogens (tertiary/aromatic N) is 1. The molecule has 1 heterocycles. The van der Waals surface area contributed by atoms with Gasteiger partial charge in [-0.1, -0.05) is 20.8 Å². The van der Waals surface area contributed by atoms with E-state index in [1.165, 1.54) is 9.78 Å². The Morgan fingerprint density at radius 1 is 0.966 bits per heavy atom. The number of amides is 2. The molecule has 2 amide bonds. The van der Waals surface area contributed by atoms with Gasteiger partial charge in [0.25, 0.3) is 0 Å². The Hall–Kier alpha value is -2.99. The van der Waals surface area contributed by atoms with Crippen LogP contribution in [0.15, 0.2) is 60.0 Å². The molecule has 0 radical (unpaired) electrons. The second kappa shape index (κ2) is 8.57. The van der Waals surface area contributed by atoms with Crippen LogP contribution in [-0.2, 0) is 5.41 Å². The maximum Gasteiger partial charge on any atom is 0.323 e. The number of urea groups is 1. The van der Waals surface area contributed by atoms with Crippen molar-refractivity contribution in [2.75, 3.05) is 11.5 Å². The summed E-state index contributed by atoms with van der Waals surface area (Å²) < 4.78 is 11.3. The van der Waals surface area contributed by atoms with Crippen LogP contribution >= 0.6 is 11.3 Å². The second-order valence-electron chi connectivity index (χ2n) is 7.59. The Morgan fingerprint density at radius 2 is 1.52 bits per heavy atom. The number of nitrogens with two attached hydrogens (primary N) is 1. The number of carbonyl (C=O) groups is 1. The van der Waals surface area contributed by atoms with Gasteiger partial charge >= 0.3 is 6.03 Å². The average molecular weight is 411 g/mol. The Kier molecular flexibility index (Phi) is 6.13. The minimum Gasteiger partial charge on any atom is -0.494 e. The highest BCUT2D eigenvalue weighted by Gasteiger charge is 2.21. The van der Waals surface area contributed by atoms with Crippen LogP contribution in [0.2, 0.25) is 0 Å². The lowest BCUT2D eigenvalue weighted by Crippen LogP contribution is -2.31. The van der Waals surface area contributed by atoms with Crippen molar-refractivity contribution >= 4 is 28.7 Å². The molecule has 0 bridgehead atoms. The van der Waals surface area contributed by atoms with Gasteiger partial charge in [0, 0.05) is 10.3 Å². The van der Waals surface area contributed by atoms with Crippen LogP contribution in [0.1, 0.15) is 32.6 Å². The third kappa shape index (κ3) is 5.09. The minimum absolute atomic E-state index is 0.0155. The van der Waals surface area contributed by atoms with Crippen LogP contribution < -0.4 is 20.1 Å². The molecule has 3 aromatic rings. The quantitative estimate of drug-likeness (QED) is 0.507. The van der Waals surface area contributed by atoms with Crippen LogP contribution in [0.4, 0.5) is 16.2 Å². The zero-order valence-corrected chi connectivity index (χ0v) is 18.0. The maximum absolute atomic E-state index is 12.1. The van der Waals surface area contributed by atoms with Crippen LogP contribution in [0.25, 0.3) is 0 Å². The Labute approximate surface area is 175 Å². The van der Waals surface area contributed by atoms with E-state index in [0.29, 0.717) is 23.8 Å². The van der Waals surface area contributed by atoms with Crippen LogP contribution in [-0.4, -0.2) is 12.6 Å². The summed E-state index contributed by atoms with van der Waals surface area (Å²) in [6, 6.07) is 16.2. The lowest BCUT2D eigenvalue weighted by Gasteiger charge is -2.20. The summed E-state index contributed by atoms with van der Waals surface area (Å²) in [7, 11) is 0. The first-order valence-corrected chi connectivity index (χ1v) is 10.4. The molecule has 0 saturated carbocycles. The van der Waals surface area contributed by atoms with Crippen molar-refractivity contribution in [2.45, 2.75) is 33.1 Å². The van der Waals surface area contributed by atoms with Gasteiger partial charge in [-0.05, 0) is 66.9 Å². The highest BCUT2D eigenvalue weighted by molar-refractivity contribution is 7.10. The predicted molar refractivity (Wildman–Crippen MR) is 119 cm³/mol. The third-order valence-electron chi connectivity index (χ3n) is 4.27. The Bertz CT molecular complexity index is 957. The van der Waals surface area contributed by atoms with Crippen molar-refractivity contribution in [3.8, 4) is 17.2 Å². The summed E-state index contributed by atoms with van der Waals surface area (Å²) in [5, 5.41) is 1.95. The van der Waals surface area contributed by atoms with Crippen LogP contribution in [0, 0.1) is 0 Å². The van der Waals surface area contributed by atoms with Crippen molar-refractivity contribution in [1.29, 1.82) is 0 Å². The molecule has 5 nitrogen and oxygen atoms in total. The van der Waals surface area contributed by atoms with Gasteiger partial charge in [0.1, 0.15) is 17.2 Å². The fourth-order valence-electron chi connectivity index (χ4n) is 2.81. The summed E-state index contributed by atoms with van der Waals surface area (Å²) in [6.07, 6.45) is 0. The van der Waals surface area contributed by atoms with Crippen LogP contribution in [0.3, 0.4) is 0 Å². The van der Waals surface area contributed by atoms with E-state index < -0.39 is 6.03 Å². The first kappa shape index (κ1) is 20.7.